The Morgan fingerprint density at radius 2 is 1.80 bits per heavy atom. The topological polar surface area (TPSA) is 42.9 Å². The molecule has 0 amide bonds. The van der Waals surface area contributed by atoms with Gasteiger partial charge in [-0.15, -0.1) is 0 Å². The highest BCUT2D eigenvalue weighted by Gasteiger charge is 2.05. The predicted octanol–water partition coefficient (Wildman–Crippen LogP) is 1.89. The molecule has 0 radical (unpaired) electrons. The first-order chi connectivity index (χ1) is 7.42. The number of hydrogen-bond acceptors (Lipinski definition) is 3. The molecule has 1 aromatic carbocycles. The molecule has 0 saturated carbocycles. The van der Waals surface area contributed by atoms with Crippen LogP contribution in [0.25, 0.3) is 11.4 Å². The second-order valence-corrected chi connectivity index (χ2v) is 3.10. The monoisotopic (exact) mass is 198 g/mol. The number of carbonyl (C=O) groups excluding carboxylic acids is 1. The van der Waals surface area contributed by atoms with Crippen LogP contribution < -0.4 is 0 Å². The maximum Gasteiger partial charge on any atom is 0.159 e. The van der Waals surface area contributed by atoms with Gasteiger partial charge < -0.3 is 4.79 Å². The number of benzene rings is 1. The van der Waals surface area contributed by atoms with E-state index in [1.165, 1.54) is 0 Å². The molecule has 1 heterocycles. The van der Waals surface area contributed by atoms with Crippen molar-refractivity contribution in [3.8, 4) is 11.4 Å². The van der Waals surface area contributed by atoms with Gasteiger partial charge in [-0.05, 0) is 11.6 Å². The molecule has 74 valence electrons. The molecule has 3 heteroatoms. The smallest absolute Gasteiger partial charge is 0.159 e. The lowest BCUT2D eigenvalue weighted by atomic mass is 10.0. The van der Waals surface area contributed by atoms with Gasteiger partial charge >= 0.3 is 0 Å². The summed E-state index contributed by atoms with van der Waals surface area (Å²) in [6.45, 7) is 0. The van der Waals surface area contributed by atoms with Gasteiger partial charge in [-0.25, -0.2) is 9.97 Å². The Bertz CT molecular complexity index is 454. The van der Waals surface area contributed by atoms with Crippen LogP contribution in [-0.2, 0) is 11.2 Å². The fraction of sp³-hybridized carbons (Fsp3) is 0.0833. The number of rotatable bonds is 3. The summed E-state index contributed by atoms with van der Waals surface area (Å²) in [6, 6.07) is 9.44. The standard InChI is InChI=1S/C12H10N2O/c15-9-6-10-4-1-2-5-11(10)12-13-7-3-8-14-12/h1-5,7-9H,6H2. The molecule has 0 N–H and O–H groups in total. The van der Waals surface area contributed by atoms with Crippen molar-refractivity contribution >= 4 is 6.29 Å². The van der Waals surface area contributed by atoms with Gasteiger partial charge in [-0.2, -0.15) is 0 Å². The predicted molar refractivity (Wildman–Crippen MR) is 57.2 cm³/mol. The molecule has 0 atom stereocenters. The van der Waals surface area contributed by atoms with Gasteiger partial charge in [0.05, 0.1) is 0 Å². The summed E-state index contributed by atoms with van der Waals surface area (Å²) in [7, 11) is 0. The second-order valence-electron chi connectivity index (χ2n) is 3.10. The van der Waals surface area contributed by atoms with Gasteiger partial charge in [0, 0.05) is 24.4 Å². The van der Waals surface area contributed by atoms with Gasteiger partial charge in [0.25, 0.3) is 0 Å². The molecule has 15 heavy (non-hydrogen) atoms. The van der Waals surface area contributed by atoms with E-state index in [9.17, 15) is 4.79 Å². The highest BCUT2D eigenvalue weighted by atomic mass is 16.1. The lowest BCUT2D eigenvalue weighted by Gasteiger charge is -2.04. The van der Waals surface area contributed by atoms with E-state index >= 15 is 0 Å². The summed E-state index contributed by atoms with van der Waals surface area (Å²) in [5, 5.41) is 0. The minimum absolute atomic E-state index is 0.397. The molecule has 1 aromatic heterocycles. The summed E-state index contributed by atoms with van der Waals surface area (Å²) in [5.74, 6) is 0.662. The molecule has 2 rings (SSSR count). The molecule has 0 aliphatic carbocycles. The summed E-state index contributed by atoms with van der Waals surface area (Å²) < 4.78 is 0. The van der Waals surface area contributed by atoms with E-state index in [0.717, 1.165) is 17.4 Å². The molecule has 2 aromatic rings. The highest BCUT2D eigenvalue weighted by Crippen LogP contribution is 2.19. The highest BCUT2D eigenvalue weighted by molar-refractivity contribution is 5.66. The Labute approximate surface area is 87.8 Å². The molecule has 0 aliphatic heterocycles. The fourth-order valence-corrected chi connectivity index (χ4v) is 1.44. The zero-order chi connectivity index (χ0) is 10.5. The Kier molecular flexibility index (Phi) is 2.83. The molecular weight excluding hydrogens is 188 g/mol. The number of aromatic nitrogens is 2. The van der Waals surface area contributed by atoms with E-state index in [4.69, 9.17) is 0 Å². The molecule has 0 aliphatic rings. The van der Waals surface area contributed by atoms with Gasteiger partial charge in [-0.3, -0.25) is 0 Å². The van der Waals surface area contributed by atoms with E-state index in [1.807, 2.05) is 24.3 Å². The lowest BCUT2D eigenvalue weighted by Crippen LogP contribution is -1.94. The van der Waals surface area contributed by atoms with Crippen molar-refractivity contribution in [3.05, 3.63) is 48.3 Å². The number of carbonyl (C=O) groups is 1. The normalized spacial score (nSPS) is 9.87. The van der Waals surface area contributed by atoms with Crippen LogP contribution in [0.1, 0.15) is 5.56 Å². The number of aldehydes is 1. The van der Waals surface area contributed by atoms with Crippen molar-refractivity contribution in [1.82, 2.24) is 9.97 Å². The zero-order valence-electron chi connectivity index (χ0n) is 8.13. The average molecular weight is 198 g/mol. The summed E-state index contributed by atoms with van der Waals surface area (Å²) >= 11 is 0. The van der Waals surface area contributed by atoms with Crippen molar-refractivity contribution in [2.24, 2.45) is 0 Å². The molecule has 0 saturated heterocycles. The van der Waals surface area contributed by atoms with Crippen LogP contribution in [0.5, 0.6) is 0 Å². The number of nitrogens with zero attached hydrogens (tertiary/aromatic N) is 2. The minimum atomic E-state index is 0.397. The van der Waals surface area contributed by atoms with Gasteiger partial charge in [0.2, 0.25) is 0 Å². The van der Waals surface area contributed by atoms with Gasteiger partial charge in [-0.1, -0.05) is 24.3 Å². The van der Waals surface area contributed by atoms with E-state index in [1.54, 1.807) is 18.5 Å². The lowest BCUT2D eigenvalue weighted by molar-refractivity contribution is -0.107. The van der Waals surface area contributed by atoms with E-state index in [-0.39, 0.29) is 0 Å². The van der Waals surface area contributed by atoms with Crippen LogP contribution in [0.2, 0.25) is 0 Å². The molecule has 3 nitrogen and oxygen atoms in total. The Balaban J connectivity index is 2.48. The Morgan fingerprint density at radius 1 is 1.07 bits per heavy atom. The SMILES string of the molecule is O=CCc1ccccc1-c1ncccn1. The van der Waals surface area contributed by atoms with Crippen molar-refractivity contribution in [1.29, 1.82) is 0 Å². The first-order valence-electron chi connectivity index (χ1n) is 4.71. The van der Waals surface area contributed by atoms with Gasteiger partial charge in [0.1, 0.15) is 6.29 Å². The molecule has 0 bridgehead atoms. The first kappa shape index (κ1) is 9.52. The van der Waals surface area contributed by atoms with E-state index in [0.29, 0.717) is 12.2 Å². The Morgan fingerprint density at radius 3 is 2.53 bits per heavy atom. The van der Waals surface area contributed by atoms with Crippen LogP contribution >= 0.6 is 0 Å². The third-order valence-corrected chi connectivity index (χ3v) is 2.13. The summed E-state index contributed by atoms with van der Waals surface area (Å²) in [6.07, 6.45) is 4.68. The van der Waals surface area contributed by atoms with Crippen LogP contribution in [0.4, 0.5) is 0 Å². The average Bonchev–Trinajstić information content (AvgIpc) is 2.31. The van der Waals surface area contributed by atoms with Crippen LogP contribution in [-0.4, -0.2) is 16.3 Å². The second kappa shape index (κ2) is 4.46. The Hall–Kier alpha value is -2.03. The van der Waals surface area contributed by atoms with Crippen molar-refractivity contribution < 1.29 is 4.79 Å². The van der Waals surface area contributed by atoms with E-state index in [2.05, 4.69) is 9.97 Å². The minimum Gasteiger partial charge on any atom is -0.303 e. The number of hydrogen-bond donors (Lipinski definition) is 0. The maximum atomic E-state index is 10.5. The largest absolute Gasteiger partial charge is 0.303 e. The molecular formula is C12H10N2O. The maximum absolute atomic E-state index is 10.5. The van der Waals surface area contributed by atoms with Crippen LogP contribution in [0.3, 0.4) is 0 Å². The quantitative estimate of drug-likeness (QED) is 0.707. The summed E-state index contributed by atoms with van der Waals surface area (Å²) in [5.41, 5.74) is 1.88. The van der Waals surface area contributed by atoms with Crippen LogP contribution in [0.15, 0.2) is 42.7 Å². The first-order valence-corrected chi connectivity index (χ1v) is 4.71. The third kappa shape index (κ3) is 2.07. The third-order valence-electron chi connectivity index (χ3n) is 2.13. The molecule has 0 unspecified atom stereocenters. The molecule has 0 spiro atoms. The summed E-state index contributed by atoms with van der Waals surface area (Å²) in [4.78, 5) is 18.8. The molecule has 0 fully saturated rings. The van der Waals surface area contributed by atoms with Gasteiger partial charge in [0.15, 0.2) is 5.82 Å². The zero-order valence-corrected chi connectivity index (χ0v) is 8.13. The van der Waals surface area contributed by atoms with Crippen molar-refractivity contribution in [3.63, 3.8) is 0 Å². The van der Waals surface area contributed by atoms with E-state index < -0.39 is 0 Å². The van der Waals surface area contributed by atoms with Crippen LogP contribution in [0, 0.1) is 0 Å². The fourth-order valence-electron chi connectivity index (χ4n) is 1.44. The van der Waals surface area contributed by atoms with Crippen molar-refractivity contribution in [2.75, 3.05) is 0 Å². The van der Waals surface area contributed by atoms with Crippen molar-refractivity contribution in [2.45, 2.75) is 6.42 Å².